The molecule has 0 aromatic heterocycles. The van der Waals surface area contributed by atoms with E-state index < -0.39 is 0 Å². The maximum Gasteiger partial charge on any atom is -0.0235 e. The van der Waals surface area contributed by atoms with Crippen LogP contribution < -0.4 is 0 Å². The predicted molar refractivity (Wildman–Crippen MR) is 41.7 cm³/mol. The van der Waals surface area contributed by atoms with E-state index >= 15 is 0 Å². The molecule has 0 radical (unpaired) electrons. The van der Waals surface area contributed by atoms with Gasteiger partial charge >= 0.3 is 0 Å². The van der Waals surface area contributed by atoms with Gasteiger partial charge in [-0.3, -0.25) is 0 Å². The van der Waals surface area contributed by atoms with Crippen LogP contribution in [0.1, 0.15) is 39.0 Å². The smallest absolute Gasteiger partial charge is 0.0235 e. The van der Waals surface area contributed by atoms with Crippen LogP contribution in [-0.4, -0.2) is 0 Å². The third-order valence-corrected chi connectivity index (χ3v) is 4.82. The fourth-order valence-corrected chi connectivity index (χ4v) is 4.15. The molecular formula is C10H16. The van der Waals surface area contributed by atoms with E-state index in [1.54, 1.807) is 25.7 Å². The Labute approximate surface area is 63.0 Å². The van der Waals surface area contributed by atoms with E-state index in [2.05, 4.69) is 6.92 Å². The Balaban J connectivity index is 1.84. The highest BCUT2D eigenvalue weighted by atomic mass is 14.7. The maximum atomic E-state index is 2.38. The van der Waals surface area contributed by atoms with Gasteiger partial charge in [0.15, 0.2) is 0 Å². The molecule has 0 aromatic rings. The van der Waals surface area contributed by atoms with Crippen molar-refractivity contribution < 1.29 is 0 Å². The third kappa shape index (κ3) is 0.339. The Bertz CT molecular complexity index is 149. The Morgan fingerprint density at radius 1 is 1.20 bits per heavy atom. The first-order valence-corrected chi connectivity index (χ1v) is 4.88. The van der Waals surface area contributed by atoms with Gasteiger partial charge in [0.1, 0.15) is 0 Å². The average Bonchev–Trinajstić information content (AvgIpc) is 1.81. The fraction of sp³-hybridized carbons (Fsp3) is 1.00. The second kappa shape index (κ2) is 1.44. The molecule has 1 spiro atoms. The van der Waals surface area contributed by atoms with Crippen molar-refractivity contribution in [3.63, 3.8) is 0 Å². The molecule has 2 atom stereocenters. The Kier molecular flexibility index (Phi) is 0.810. The van der Waals surface area contributed by atoms with Crippen LogP contribution in [0.5, 0.6) is 0 Å². The molecule has 0 N–H and O–H groups in total. The zero-order valence-electron chi connectivity index (χ0n) is 6.77. The van der Waals surface area contributed by atoms with Gasteiger partial charge in [-0.25, -0.2) is 0 Å². The number of hydrogen-bond donors (Lipinski definition) is 0. The van der Waals surface area contributed by atoms with Crippen molar-refractivity contribution in [2.24, 2.45) is 23.2 Å². The summed E-state index contributed by atoms with van der Waals surface area (Å²) in [6.45, 7) is 2.38. The molecule has 0 aliphatic heterocycles. The van der Waals surface area contributed by atoms with Gasteiger partial charge in [-0.15, -0.1) is 0 Å². The van der Waals surface area contributed by atoms with Crippen molar-refractivity contribution in [1.29, 1.82) is 0 Å². The van der Waals surface area contributed by atoms with Crippen LogP contribution in [0.15, 0.2) is 0 Å². The predicted octanol–water partition coefficient (Wildman–Crippen LogP) is 2.83. The lowest BCUT2D eigenvalue weighted by Crippen LogP contribution is -2.68. The molecule has 0 heteroatoms. The summed E-state index contributed by atoms with van der Waals surface area (Å²) in [4.78, 5) is 0. The van der Waals surface area contributed by atoms with Crippen LogP contribution in [0.2, 0.25) is 0 Å². The lowest BCUT2D eigenvalue weighted by Gasteiger charge is -2.76. The third-order valence-electron chi connectivity index (χ3n) is 4.82. The number of rotatable bonds is 1. The highest BCUT2D eigenvalue weighted by Gasteiger charge is 2.69. The fourth-order valence-electron chi connectivity index (χ4n) is 4.15. The lowest BCUT2D eigenvalue weighted by atomic mass is 9.29. The zero-order chi connectivity index (χ0) is 6.77. The molecule has 56 valence electrons. The van der Waals surface area contributed by atoms with E-state index in [9.17, 15) is 0 Å². The molecule has 10 heavy (non-hydrogen) atoms. The second-order valence-corrected chi connectivity index (χ2v) is 4.60. The van der Waals surface area contributed by atoms with E-state index in [-0.39, 0.29) is 0 Å². The SMILES string of the molecule is CCC1C2CCC23CCC13. The van der Waals surface area contributed by atoms with E-state index in [1.165, 1.54) is 24.2 Å². The first-order chi connectivity index (χ1) is 4.88. The van der Waals surface area contributed by atoms with Gasteiger partial charge in [0.25, 0.3) is 0 Å². The maximum absolute atomic E-state index is 2.38. The van der Waals surface area contributed by atoms with Gasteiger partial charge in [0, 0.05) is 0 Å². The molecule has 0 amide bonds. The normalized spacial score (nSPS) is 62.7. The lowest BCUT2D eigenvalue weighted by molar-refractivity contribution is -0.267. The molecule has 0 saturated heterocycles. The Morgan fingerprint density at radius 3 is 2.00 bits per heavy atom. The highest BCUT2D eigenvalue weighted by molar-refractivity contribution is 5.18. The molecule has 3 aliphatic carbocycles. The van der Waals surface area contributed by atoms with E-state index in [0.29, 0.717) is 0 Å². The summed E-state index contributed by atoms with van der Waals surface area (Å²) in [6, 6.07) is 0. The van der Waals surface area contributed by atoms with Crippen LogP contribution >= 0.6 is 0 Å². The van der Waals surface area contributed by atoms with Crippen molar-refractivity contribution in [1.82, 2.24) is 0 Å². The molecule has 2 unspecified atom stereocenters. The molecule has 0 heterocycles. The standard InChI is InChI=1S/C10H16/c1-2-7-8-3-5-10(8)6-4-9(7)10/h7-9H,2-6H2,1H3. The topological polar surface area (TPSA) is 0 Å². The summed E-state index contributed by atoms with van der Waals surface area (Å²) in [6.07, 6.45) is 7.82. The van der Waals surface area contributed by atoms with Gasteiger partial charge in [-0.1, -0.05) is 13.3 Å². The van der Waals surface area contributed by atoms with Gasteiger partial charge in [-0.05, 0) is 48.9 Å². The van der Waals surface area contributed by atoms with Crippen molar-refractivity contribution in [3.05, 3.63) is 0 Å². The average molecular weight is 136 g/mol. The number of hydrogen-bond acceptors (Lipinski definition) is 0. The molecular weight excluding hydrogens is 120 g/mol. The van der Waals surface area contributed by atoms with Crippen molar-refractivity contribution in [2.45, 2.75) is 39.0 Å². The summed E-state index contributed by atoms with van der Waals surface area (Å²) in [5.41, 5.74) is 0.973. The molecule has 3 saturated carbocycles. The summed E-state index contributed by atoms with van der Waals surface area (Å²) >= 11 is 0. The van der Waals surface area contributed by atoms with Crippen molar-refractivity contribution in [3.8, 4) is 0 Å². The minimum Gasteiger partial charge on any atom is -0.0651 e. The summed E-state index contributed by atoms with van der Waals surface area (Å²) in [5, 5.41) is 0. The minimum absolute atomic E-state index is 0.973. The first kappa shape index (κ1) is 5.62. The minimum atomic E-state index is 0.973. The van der Waals surface area contributed by atoms with Crippen LogP contribution in [0, 0.1) is 23.2 Å². The van der Waals surface area contributed by atoms with Crippen molar-refractivity contribution >= 4 is 0 Å². The van der Waals surface area contributed by atoms with Crippen LogP contribution in [0.4, 0.5) is 0 Å². The summed E-state index contributed by atoms with van der Waals surface area (Å²) in [5.74, 6) is 3.58. The highest BCUT2D eigenvalue weighted by Crippen LogP contribution is 2.77. The molecule has 0 aromatic carbocycles. The Hall–Kier alpha value is 0. The van der Waals surface area contributed by atoms with E-state index in [0.717, 1.165) is 5.41 Å². The molecule has 3 rings (SSSR count). The van der Waals surface area contributed by atoms with Crippen LogP contribution in [0.3, 0.4) is 0 Å². The van der Waals surface area contributed by atoms with E-state index in [4.69, 9.17) is 0 Å². The Morgan fingerprint density at radius 2 is 1.80 bits per heavy atom. The monoisotopic (exact) mass is 136 g/mol. The molecule has 3 fully saturated rings. The quantitative estimate of drug-likeness (QED) is 0.520. The van der Waals surface area contributed by atoms with Crippen LogP contribution in [0.25, 0.3) is 0 Å². The summed E-state index contributed by atoms with van der Waals surface area (Å²) in [7, 11) is 0. The van der Waals surface area contributed by atoms with Gasteiger partial charge in [0.05, 0.1) is 0 Å². The van der Waals surface area contributed by atoms with Gasteiger partial charge in [0.2, 0.25) is 0 Å². The van der Waals surface area contributed by atoms with Crippen molar-refractivity contribution in [2.75, 3.05) is 0 Å². The van der Waals surface area contributed by atoms with Gasteiger partial charge in [-0.2, -0.15) is 0 Å². The molecule has 0 nitrogen and oxygen atoms in total. The molecule has 0 bridgehead atoms. The zero-order valence-corrected chi connectivity index (χ0v) is 6.77. The van der Waals surface area contributed by atoms with Gasteiger partial charge < -0.3 is 0 Å². The first-order valence-electron chi connectivity index (χ1n) is 4.88. The largest absolute Gasteiger partial charge is 0.0651 e. The molecule has 3 aliphatic rings. The van der Waals surface area contributed by atoms with Crippen LogP contribution in [-0.2, 0) is 0 Å². The van der Waals surface area contributed by atoms with E-state index in [1.807, 2.05) is 0 Å². The summed E-state index contributed by atoms with van der Waals surface area (Å²) < 4.78 is 0. The second-order valence-electron chi connectivity index (χ2n) is 4.60.